The molecule has 4 heterocycles. The predicted molar refractivity (Wildman–Crippen MR) is 363 cm³/mol. The van der Waals surface area contributed by atoms with Gasteiger partial charge in [-0.25, -0.2) is 9.37 Å². The summed E-state index contributed by atoms with van der Waals surface area (Å²) in [6.07, 6.45) is 9.49. The molecule has 0 spiro atoms. The van der Waals surface area contributed by atoms with Crippen molar-refractivity contribution in [3.05, 3.63) is 245 Å². The molecule has 1 aliphatic rings. The van der Waals surface area contributed by atoms with Gasteiger partial charge in [0, 0.05) is 75.1 Å². The lowest BCUT2D eigenvalue weighted by atomic mass is 9.77. The van der Waals surface area contributed by atoms with E-state index in [1.54, 1.807) is 36.9 Å². The van der Waals surface area contributed by atoms with Crippen LogP contribution >= 0.6 is 11.6 Å². The molecule has 1 aliphatic carbocycles. The molecule has 11 rings (SSSR count). The number of para-hydroxylation sites is 2. The van der Waals surface area contributed by atoms with Crippen LogP contribution in [0, 0.1) is 11.2 Å². The number of aryl methyl sites for hydroxylation is 2. The Labute approximate surface area is 520 Å². The van der Waals surface area contributed by atoms with E-state index in [0.717, 1.165) is 50.0 Å². The Morgan fingerprint density at radius 1 is 0.535 bits per heavy atom. The van der Waals surface area contributed by atoms with Gasteiger partial charge in [-0.15, -0.1) is 0 Å². The number of fused-ring (bicyclic) bond motifs is 3. The summed E-state index contributed by atoms with van der Waals surface area (Å²) < 4.78 is 20.5. The number of benzene rings is 6. The summed E-state index contributed by atoms with van der Waals surface area (Å²) in [7, 11) is 1.94. The molecule has 9 heteroatoms. The first-order valence-electron chi connectivity index (χ1n) is 30.1. The quantitative estimate of drug-likeness (QED) is 0.175. The number of aromatic nitrogens is 6. The van der Waals surface area contributed by atoms with Crippen molar-refractivity contribution in [1.82, 2.24) is 29.7 Å². The van der Waals surface area contributed by atoms with Gasteiger partial charge in [-0.05, 0) is 130 Å². The molecule has 0 radical (unpaired) electrons. The zero-order valence-corrected chi connectivity index (χ0v) is 55.6. The normalized spacial score (nSPS) is 13.2. The fraction of sp³-hybridized carbons (Fsp3) is 0.364. The number of nitrogens with zero attached hydrogens (tertiary/aromatic N) is 6. The molecule has 86 heavy (non-hydrogen) atoms. The molecule has 4 aromatic heterocycles. The number of halogens is 2. The van der Waals surface area contributed by atoms with Crippen LogP contribution in [0.2, 0.25) is 5.02 Å². The summed E-state index contributed by atoms with van der Waals surface area (Å²) in [4.78, 5) is 17.1. The van der Waals surface area contributed by atoms with Crippen molar-refractivity contribution in [3.8, 4) is 22.6 Å². The molecular formula is C77H94ClFN6O. The summed E-state index contributed by atoms with van der Waals surface area (Å²) in [5.41, 5.74) is 14.4. The molecule has 1 unspecified atom stereocenters. The van der Waals surface area contributed by atoms with Crippen LogP contribution in [-0.2, 0) is 40.5 Å². The zero-order chi connectivity index (χ0) is 63.3. The molecule has 1 atom stereocenters. The topological polar surface area (TPSA) is 78.6 Å². The predicted octanol–water partition coefficient (Wildman–Crippen LogP) is 21.6. The number of pyridine rings is 2. The van der Waals surface area contributed by atoms with Crippen LogP contribution in [0.15, 0.2) is 195 Å². The lowest BCUT2D eigenvalue weighted by Crippen LogP contribution is -2.15. The maximum absolute atomic E-state index is 12.8. The molecule has 6 aromatic carbocycles. The molecule has 7 nitrogen and oxygen atoms in total. The van der Waals surface area contributed by atoms with E-state index in [9.17, 15) is 4.39 Å². The third kappa shape index (κ3) is 19.5. The van der Waals surface area contributed by atoms with Crippen molar-refractivity contribution in [2.75, 3.05) is 0 Å². The van der Waals surface area contributed by atoms with Gasteiger partial charge in [0.2, 0.25) is 0 Å². The van der Waals surface area contributed by atoms with E-state index >= 15 is 0 Å². The van der Waals surface area contributed by atoms with E-state index in [1.807, 2.05) is 54.2 Å². The van der Waals surface area contributed by atoms with Crippen molar-refractivity contribution in [3.63, 3.8) is 0 Å². The first kappa shape index (κ1) is 67.6. The highest BCUT2D eigenvalue weighted by Gasteiger charge is 2.32. The van der Waals surface area contributed by atoms with Gasteiger partial charge in [-0.1, -0.05) is 239 Å². The van der Waals surface area contributed by atoms with Gasteiger partial charge in [0.25, 0.3) is 0 Å². The minimum Gasteiger partial charge on any atom is -0.457 e. The molecule has 0 fully saturated rings. The smallest absolute Gasteiger partial charge is 0.157 e. The third-order valence-electron chi connectivity index (χ3n) is 14.8. The molecule has 0 bridgehead atoms. The van der Waals surface area contributed by atoms with Gasteiger partial charge in [-0.2, -0.15) is 5.10 Å². The van der Waals surface area contributed by atoms with Crippen LogP contribution in [0.4, 0.5) is 4.39 Å². The van der Waals surface area contributed by atoms with Crippen LogP contribution in [0.5, 0.6) is 11.5 Å². The summed E-state index contributed by atoms with van der Waals surface area (Å²) in [6, 6.07) is 56.1. The second-order valence-electron chi connectivity index (χ2n) is 28.3. The van der Waals surface area contributed by atoms with Gasteiger partial charge >= 0.3 is 0 Å². The van der Waals surface area contributed by atoms with Gasteiger partial charge in [0.15, 0.2) is 5.65 Å². The van der Waals surface area contributed by atoms with Crippen molar-refractivity contribution in [2.45, 2.75) is 170 Å². The van der Waals surface area contributed by atoms with E-state index in [4.69, 9.17) is 16.3 Å². The molecule has 452 valence electrons. The van der Waals surface area contributed by atoms with Crippen LogP contribution in [0.25, 0.3) is 33.1 Å². The fourth-order valence-corrected chi connectivity index (χ4v) is 10.3. The summed E-state index contributed by atoms with van der Waals surface area (Å²) >= 11 is 5.99. The second kappa shape index (κ2) is 28.8. The first-order chi connectivity index (χ1) is 40.2. The SMILES string of the molecule is CC(C)(C)C1CCc2cc(Cl)ccc21.CC(C)(C)c1ccc2ccccc2n1.CC(C)(C)c1ccccc1-c1ccccc1.CC(C)(C)c1ccccc1Oc1ccc(F)cc1.CC(C)(C)c1cnccn1.Cn1nc(C(C)(C)C)c2cccnc21. The molecular weight excluding hydrogens is 1080 g/mol. The van der Waals surface area contributed by atoms with Crippen LogP contribution in [-0.4, -0.2) is 29.7 Å². The molecule has 0 aliphatic heterocycles. The Bertz CT molecular complexity index is 3720. The van der Waals surface area contributed by atoms with Gasteiger partial charge in [-0.3, -0.25) is 19.6 Å². The van der Waals surface area contributed by atoms with E-state index in [2.05, 4.69) is 253 Å². The summed E-state index contributed by atoms with van der Waals surface area (Å²) in [6.45, 7) is 39.6. The highest BCUT2D eigenvalue weighted by Crippen LogP contribution is 2.45. The second-order valence-corrected chi connectivity index (χ2v) is 28.8. The molecule has 0 saturated carbocycles. The maximum atomic E-state index is 12.8. The van der Waals surface area contributed by atoms with Crippen LogP contribution < -0.4 is 4.74 Å². The minimum absolute atomic E-state index is 0.0105. The molecule has 0 saturated heterocycles. The van der Waals surface area contributed by atoms with Gasteiger partial charge in [0.05, 0.1) is 16.9 Å². The van der Waals surface area contributed by atoms with Crippen molar-refractivity contribution in [2.24, 2.45) is 12.5 Å². The Hall–Kier alpha value is -7.55. The lowest BCUT2D eigenvalue weighted by Gasteiger charge is -2.27. The Kier molecular flexibility index (Phi) is 22.6. The van der Waals surface area contributed by atoms with Crippen molar-refractivity contribution < 1.29 is 9.13 Å². The standard InChI is InChI=1S/C16H17FO.C16H18.C13H17Cl.C13H15N.C11H15N3.C8H12N2/c1-16(2,3)14-6-4-5-7-15(14)18-13-10-8-12(17)9-11-13;1-16(2,3)15-12-8-7-11-14(15)13-9-5-4-6-10-13;1-13(2,3)12-7-4-9-8-10(14)5-6-11(9)12;1-13(2,3)12-9-8-10-6-4-5-7-11(10)14-12;1-11(2,3)9-8-6-5-7-12-10(8)14(4)13-9;1-8(2,3)7-6-9-4-5-10-7/h4-11H,1-3H3;4-12H,1-3H3;5-6,8,12H,4,7H2,1-3H3;4-9H,1-3H3;5-7H,1-4H3;4-6H,1-3H3. The van der Waals surface area contributed by atoms with E-state index in [1.165, 1.54) is 58.2 Å². The molecule has 0 N–H and O–H groups in total. The Morgan fingerprint density at radius 2 is 1.14 bits per heavy atom. The third-order valence-corrected chi connectivity index (χ3v) is 15.0. The lowest BCUT2D eigenvalue weighted by molar-refractivity contribution is 0.319. The first-order valence-corrected chi connectivity index (χ1v) is 30.5. The highest BCUT2D eigenvalue weighted by molar-refractivity contribution is 6.30. The highest BCUT2D eigenvalue weighted by atomic mass is 35.5. The van der Waals surface area contributed by atoms with Crippen molar-refractivity contribution in [1.29, 1.82) is 0 Å². The van der Waals surface area contributed by atoms with Gasteiger partial charge < -0.3 is 4.74 Å². The maximum Gasteiger partial charge on any atom is 0.157 e. The number of ether oxygens (including phenoxy) is 1. The van der Waals surface area contributed by atoms with E-state index in [-0.39, 0.29) is 32.9 Å². The van der Waals surface area contributed by atoms with Crippen molar-refractivity contribution >= 4 is 33.5 Å². The minimum atomic E-state index is -0.258. The monoisotopic (exact) mass is 1170 g/mol. The summed E-state index contributed by atoms with van der Waals surface area (Å²) in [5, 5.41) is 7.75. The van der Waals surface area contributed by atoms with E-state index in [0.29, 0.717) is 17.1 Å². The summed E-state index contributed by atoms with van der Waals surface area (Å²) in [5.74, 6) is 1.91. The molecule has 10 aromatic rings. The van der Waals surface area contributed by atoms with Crippen LogP contribution in [0.1, 0.15) is 176 Å². The number of hydrogen-bond acceptors (Lipinski definition) is 6. The molecule has 0 amide bonds. The number of hydrogen-bond donors (Lipinski definition) is 0. The average molecular weight is 1170 g/mol. The largest absolute Gasteiger partial charge is 0.457 e. The van der Waals surface area contributed by atoms with E-state index < -0.39 is 0 Å². The Morgan fingerprint density at radius 3 is 1.73 bits per heavy atom. The Balaban J connectivity index is 0.000000166. The fourth-order valence-electron chi connectivity index (χ4n) is 10.1. The zero-order valence-electron chi connectivity index (χ0n) is 54.8. The van der Waals surface area contributed by atoms with Crippen LogP contribution in [0.3, 0.4) is 0 Å². The average Bonchev–Trinajstić information content (AvgIpc) is 2.38. The van der Waals surface area contributed by atoms with Gasteiger partial charge in [0.1, 0.15) is 17.3 Å². The number of rotatable bonds is 3.